The van der Waals surface area contributed by atoms with Gasteiger partial charge < -0.3 is 5.11 Å². The Labute approximate surface area is 77.2 Å². The van der Waals surface area contributed by atoms with Crippen molar-refractivity contribution in [3.8, 4) is 0 Å². The van der Waals surface area contributed by atoms with Crippen LogP contribution in [0.4, 0.5) is 0 Å². The molecule has 2 unspecified atom stereocenters. The summed E-state index contributed by atoms with van der Waals surface area (Å²) in [6.07, 6.45) is 4.27. The van der Waals surface area contributed by atoms with E-state index < -0.39 is 0 Å². The monoisotopic (exact) mass is 172 g/mol. The Kier molecular flexibility index (Phi) is 6.45. The molecule has 0 bridgehead atoms. The van der Waals surface area contributed by atoms with Gasteiger partial charge in [-0.15, -0.1) is 0 Å². The molecule has 1 nitrogen and oxygen atoms in total. The van der Waals surface area contributed by atoms with Gasteiger partial charge >= 0.3 is 0 Å². The van der Waals surface area contributed by atoms with Gasteiger partial charge in [-0.3, -0.25) is 0 Å². The predicted octanol–water partition coefficient (Wildman–Crippen LogP) is 3.22. The van der Waals surface area contributed by atoms with Gasteiger partial charge in [0.05, 0.1) is 6.10 Å². The lowest BCUT2D eigenvalue weighted by molar-refractivity contribution is 0.131. The van der Waals surface area contributed by atoms with Gasteiger partial charge in [0, 0.05) is 0 Å². The molecular formula is C11H24O. The maximum Gasteiger partial charge on any atom is 0.0542 e. The van der Waals surface area contributed by atoms with Crippen molar-refractivity contribution in [1.82, 2.24) is 0 Å². The summed E-state index contributed by atoms with van der Waals surface area (Å²) in [5, 5.41) is 9.56. The molecule has 0 saturated carbocycles. The molecule has 12 heavy (non-hydrogen) atoms. The third kappa shape index (κ3) is 6.66. The minimum atomic E-state index is -0.0704. The van der Waals surface area contributed by atoms with E-state index in [0.29, 0.717) is 5.92 Å². The van der Waals surface area contributed by atoms with Gasteiger partial charge in [0.2, 0.25) is 0 Å². The largest absolute Gasteiger partial charge is 0.393 e. The first kappa shape index (κ1) is 12.0. The van der Waals surface area contributed by atoms with Crippen LogP contribution in [0.3, 0.4) is 0 Å². The van der Waals surface area contributed by atoms with Gasteiger partial charge in [-0.05, 0) is 31.1 Å². The van der Waals surface area contributed by atoms with Crippen molar-refractivity contribution in [3.05, 3.63) is 0 Å². The smallest absolute Gasteiger partial charge is 0.0542 e. The normalized spacial score (nSPS) is 16.5. The summed E-state index contributed by atoms with van der Waals surface area (Å²) in [6.45, 7) is 8.78. The molecule has 0 fully saturated rings. The quantitative estimate of drug-likeness (QED) is 0.652. The van der Waals surface area contributed by atoms with Gasteiger partial charge in [0.25, 0.3) is 0 Å². The predicted molar refractivity (Wildman–Crippen MR) is 54.2 cm³/mol. The van der Waals surface area contributed by atoms with Crippen LogP contribution in [0.25, 0.3) is 0 Å². The molecule has 74 valence electrons. The second kappa shape index (κ2) is 6.47. The zero-order chi connectivity index (χ0) is 9.56. The highest BCUT2D eigenvalue weighted by atomic mass is 16.3. The minimum absolute atomic E-state index is 0.0704. The molecule has 0 saturated heterocycles. The van der Waals surface area contributed by atoms with E-state index in [9.17, 15) is 5.11 Å². The lowest BCUT2D eigenvalue weighted by Gasteiger charge is -2.14. The Morgan fingerprint density at radius 2 is 1.67 bits per heavy atom. The fourth-order valence-electron chi connectivity index (χ4n) is 1.34. The highest BCUT2D eigenvalue weighted by Gasteiger charge is 2.08. The van der Waals surface area contributed by atoms with Gasteiger partial charge in [-0.2, -0.15) is 0 Å². The first-order valence-corrected chi connectivity index (χ1v) is 5.24. The zero-order valence-corrected chi connectivity index (χ0v) is 9.01. The van der Waals surface area contributed by atoms with Gasteiger partial charge in [0.15, 0.2) is 0 Å². The van der Waals surface area contributed by atoms with Crippen molar-refractivity contribution in [3.63, 3.8) is 0 Å². The SMILES string of the molecule is CCC(C)CCC(O)CC(C)C. The Hall–Kier alpha value is -0.0400. The summed E-state index contributed by atoms with van der Waals surface area (Å²) in [7, 11) is 0. The van der Waals surface area contributed by atoms with Gasteiger partial charge in [-0.25, -0.2) is 0 Å². The molecule has 1 heteroatoms. The van der Waals surface area contributed by atoms with Crippen molar-refractivity contribution in [2.45, 2.75) is 59.5 Å². The first-order chi connectivity index (χ1) is 5.56. The lowest BCUT2D eigenvalue weighted by Crippen LogP contribution is -2.11. The standard InChI is InChI=1S/C11H24O/c1-5-10(4)6-7-11(12)8-9(2)3/h9-12H,5-8H2,1-4H3. The summed E-state index contributed by atoms with van der Waals surface area (Å²) >= 11 is 0. The van der Waals surface area contributed by atoms with Crippen molar-refractivity contribution in [2.75, 3.05) is 0 Å². The zero-order valence-electron chi connectivity index (χ0n) is 9.01. The summed E-state index contributed by atoms with van der Waals surface area (Å²) < 4.78 is 0. The van der Waals surface area contributed by atoms with Crippen LogP contribution in [-0.4, -0.2) is 11.2 Å². The molecule has 0 rings (SSSR count). The number of hydrogen-bond donors (Lipinski definition) is 1. The molecule has 2 atom stereocenters. The fourth-order valence-corrected chi connectivity index (χ4v) is 1.34. The molecule has 0 aliphatic heterocycles. The van der Waals surface area contributed by atoms with E-state index in [-0.39, 0.29) is 6.10 Å². The second-order valence-electron chi connectivity index (χ2n) is 4.37. The van der Waals surface area contributed by atoms with Crippen LogP contribution in [0.15, 0.2) is 0 Å². The molecular weight excluding hydrogens is 148 g/mol. The van der Waals surface area contributed by atoms with Gasteiger partial charge in [0.1, 0.15) is 0 Å². The summed E-state index contributed by atoms with van der Waals surface area (Å²) in [5.74, 6) is 1.39. The number of aliphatic hydroxyl groups excluding tert-OH is 1. The van der Waals surface area contributed by atoms with Crippen molar-refractivity contribution >= 4 is 0 Å². The van der Waals surface area contributed by atoms with E-state index in [1.807, 2.05) is 0 Å². The molecule has 0 spiro atoms. The summed E-state index contributed by atoms with van der Waals surface area (Å²) in [5.41, 5.74) is 0. The molecule has 0 aliphatic rings. The molecule has 0 aromatic carbocycles. The topological polar surface area (TPSA) is 20.2 Å². The molecule has 0 amide bonds. The summed E-state index contributed by atoms with van der Waals surface area (Å²) in [6, 6.07) is 0. The highest BCUT2D eigenvalue weighted by Crippen LogP contribution is 2.15. The lowest BCUT2D eigenvalue weighted by atomic mass is 9.96. The minimum Gasteiger partial charge on any atom is -0.393 e. The van der Waals surface area contributed by atoms with Crippen molar-refractivity contribution in [2.24, 2.45) is 11.8 Å². The van der Waals surface area contributed by atoms with E-state index in [2.05, 4.69) is 27.7 Å². The Morgan fingerprint density at radius 1 is 1.08 bits per heavy atom. The van der Waals surface area contributed by atoms with E-state index in [4.69, 9.17) is 0 Å². The highest BCUT2D eigenvalue weighted by molar-refractivity contribution is 4.60. The van der Waals surface area contributed by atoms with Crippen molar-refractivity contribution in [1.29, 1.82) is 0 Å². The first-order valence-electron chi connectivity index (χ1n) is 5.24. The van der Waals surface area contributed by atoms with Crippen LogP contribution in [0.1, 0.15) is 53.4 Å². The fraction of sp³-hybridized carbons (Fsp3) is 1.00. The van der Waals surface area contributed by atoms with E-state index >= 15 is 0 Å². The average molecular weight is 172 g/mol. The molecule has 0 aromatic heterocycles. The Balaban J connectivity index is 3.36. The van der Waals surface area contributed by atoms with E-state index in [1.165, 1.54) is 12.8 Å². The maximum absolute atomic E-state index is 9.56. The van der Waals surface area contributed by atoms with Crippen LogP contribution in [0.2, 0.25) is 0 Å². The number of hydrogen-bond acceptors (Lipinski definition) is 1. The van der Waals surface area contributed by atoms with Crippen molar-refractivity contribution < 1.29 is 5.11 Å². The van der Waals surface area contributed by atoms with Crippen LogP contribution in [-0.2, 0) is 0 Å². The third-order valence-corrected chi connectivity index (χ3v) is 2.43. The van der Waals surface area contributed by atoms with E-state index in [0.717, 1.165) is 18.8 Å². The average Bonchev–Trinajstić information content (AvgIpc) is 1.99. The third-order valence-electron chi connectivity index (χ3n) is 2.43. The Bertz CT molecular complexity index is 99.2. The number of aliphatic hydroxyl groups is 1. The van der Waals surface area contributed by atoms with Crippen LogP contribution < -0.4 is 0 Å². The molecule has 0 radical (unpaired) electrons. The van der Waals surface area contributed by atoms with Crippen LogP contribution in [0.5, 0.6) is 0 Å². The molecule has 0 heterocycles. The van der Waals surface area contributed by atoms with E-state index in [1.54, 1.807) is 0 Å². The molecule has 1 N–H and O–H groups in total. The second-order valence-corrected chi connectivity index (χ2v) is 4.37. The Morgan fingerprint density at radius 3 is 2.08 bits per heavy atom. The molecule has 0 aromatic rings. The van der Waals surface area contributed by atoms with Crippen LogP contribution >= 0.6 is 0 Å². The van der Waals surface area contributed by atoms with Gasteiger partial charge in [-0.1, -0.05) is 34.1 Å². The molecule has 0 aliphatic carbocycles. The number of rotatable bonds is 6. The van der Waals surface area contributed by atoms with Crippen LogP contribution in [0, 0.1) is 11.8 Å². The summed E-state index contributed by atoms with van der Waals surface area (Å²) in [4.78, 5) is 0. The maximum atomic E-state index is 9.56.